The van der Waals surface area contributed by atoms with Gasteiger partial charge in [0.25, 0.3) is 5.91 Å². The second kappa shape index (κ2) is 5.17. The van der Waals surface area contributed by atoms with Gasteiger partial charge < -0.3 is 4.90 Å². The first-order valence-electron chi connectivity index (χ1n) is 6.56. The molecule has 2 aromatic heterocycles. The van der Waals surface area contributed by atoms with Crippen molar-refractivity contribution < 1.29 is 4.79 Å². The third-order valence-corrected chi connectivity index (χ3v) is 4.25. The van der Waals surface area contributed by atoms with E-state index in [4.69, 9.17) is 0 Å². The van der Waals surface area contributed by atoms with Crippen LogP contribution in [0.3, 0.4) is 0 Å². The van der Waals surface area contributed by atoms with Gasteiger partial charge in [0.15, 0.2) is 0 Å². The number of aryl methyl sites for hydroxylation is 1. The largest absolute Gasteiger partial charge is 0.334 e. The van der Waals surface area contributed by atoms with Crippen molar-refractivity contribution in [2.24, 2.45) is 0 Å². The third-order valence-electron chi connectivity index (χ3n) is 3.57. The van der Waals surface area contributed by atoms with Gasteiger partial charge in [-0.3, -0.25) is 9.48 Å². The summed E-state index contributed by atoms with van der Waals surface area (Å²) in [5.74, 6) is 0.160. The van der Waals surface area contributed by atoms with Gasteiger partial charge in [-0.1, -0.05) is 0 Å². The lowest BCUT2D eigenvalue weighted by atomic mass is 10.2. The van der Waals surface area contributed by atoms with E-state index >= 15 is 0 Å². The number of carbonyl (C=O) groups excluding carboxylic acids is 1. The lowest BCUT2D eigenvalue weighted by Gasteiger charge is -2.24. The van der Waals surface area contributed by atoms with Crippen LogP contribution in [-0.2, 0) is 6.54 Å². The van der Waals surface area contributed by atoms with Crippen LogP contribution in [0.5, 0.6) is 0 Å². The molecular formula is C14H17N3OS. The highest BCUT2D eigenvalue weighted by Crippen LogP contribution is 2.22. The topological polar surface area (TPSA) is 38.1 Å². The van der Waals surface area contributed by atoms with E-state index in [1.807, 2.05) is 45.7 Å². The van der Waals surface area contributed by atoms with E-state index in [0.29, 0.717) is 0 Å². The standard InChI is InChI=1S/C14H17N3OS/c1-11-7-15-16(8-11)9-13-3-2-5-17(13)14(18)12-4-6-19-10-12/h4,6-8,10,13H,2-3,5,9H2,1H3. The van der Waals surface area contributed by atoms with Crippen LogP contribution in [0.25, 0.3) is 0 Å². The summed E-state index contributed by atoms with van der Waals surface area (Å²) in [4.78, 5) is 14.4. The Hall–Kier alpha value is -1.62. The van der Waals surface area contributed by atoms with Gasteiger partial charge in [0.1, 0.15) is 0 Å². The summed E-state index contributed by atoms with van der Waals surface area (Å²) in [5, 5.41) is 8.20. The minimum absolute atomic E-state index is 0.160. The van der Waals surface area contributed by atoms with Crippen molar-refractivity contribution in [3.05, 3.63) is 40.3 Å². The summed E-state index contributed by atoms with van der Waals surface area (Å²) in [5.41, 5.74) is 1.97. The van der Waals surface area contributed by atoms with E-state index in [2.05, 4.69) is 5.10 Å². The van der Waals surface area contributed by atoms with E-state index in [1.54, 1.807) is 11.3 Å². The Kier molecular flexibility index (Phi) is 3.38. The fraction of sp³-hybridized carbons (Fsp3) is 0.429. The molecule has 0 aliphatic carbocycles. The Labute approximate surface area is 116 Å². The molecule has 1 saturated heterocycles. The van der Waals surface area contributed by atoms with Crippen LogP contribution in [0.1, 0.15) is 28.8 Å². The van der Waals surface area contributed by atoms with Crippen LogP contribution in [-0.4, -0.2) is 33.2 Å². The molecule has 1 unspecified atom stereocenters. The molecule has 0 bridgehead atoms. The zero-order valence-corrected chi connectivity index (χ0v) is 11.8. The molecular weight excluding hydrogens is 258 g/mol. The van der Waals surface area contributed by atoms with Gasteiger partial charge in [-0.15, -0.1) is 0 Å². The van der Waals surface area contributed by atoms with Crippen LogP contribution in [0.2, 0.25) is 0 Å². The van der Waals surface area contributed by atoms with Gasteiger partial charge in [-0.2, -0.15) is 16.4 Å². The average molecular weight is 275 g/mol. The number of thiophene rings is 1. The highest BCUT2D eigenvalue weighted by Gasteiger charge is 2.29. The number of likely N-dealkylation sites (tertiary alicyclic amines) is 1. The molecule has 1 fully saturated rings. The first-order chi connectivity index (χ1) is 9.24. The van der Waals surface area contributed by atoms with Crippen molar-refractivity contribution in [2.75, 3.05) is 6.54 Å². The van der Waals surface area contributed by atoms with Crippen molar-refractivity contribution in [3.8, 4) is 0 Å². The first-order valence-corrected chi connectivity index (χ1v) is 7.50. The number of nitrogens with zero attached hydrogens (tertiary/aromatic N) is 3. The molecule has 3 rings (SSSR count). The number of rotatable bonds is 3. The number of hydrogen-bond acceptors (Lipinski definition) is 3. The Morgan fingerprint density at radius 1 is 1.58 bits per heavy atom. The summed E-state index contributed by atoms with van der Waals surface area (Å²) in [6.45, 7) is 3.69. The van der Waals surface area contributed by atoms with E-state index in [1.165, 1.54) is 0 Å². The lowest BCUT2D eigenvalue weighted by molar-refractivity contribution is 0.0722. The van der Waals surface area contributed by atoms with E-state index < -0.39 is 0 Å². The van der Waals surface area contributed by atoms with Crippen molar-refractivity contribution in [1.29, 1.82) is 0 Å². The highest BCUT2D eigenvalue weighted by molar-refractivity contribution is 7.08. The van der Waals surface area contributed by atoms with Gasteiger partial charge in [0.2, 0.25) is 0 Å². The van der Waals surface area contributed by atoms with Crippen molar-refractivity contribution in [1.82, 2.24) is 14.7 Å². The van der Waals surface area contributed by atoms with E-state index in [-0.39, 0.29) is 11.9 Å². The molecule has 1 aliphatic rings. The molecule has 2 aromatic rings. The van der Waals surface area contributed by atoms with Gasteiger partial charge >= 0.3 is 0 Å². The molecule has 0 saturated carbocycles. The predicted octanol–water partition coefficient (Wildman–Crippen LogP) is 2.56. The van der Waals surface area contributed by atoms with Crippen LogP contribution >= 0.6 is 11.3 Å². The summed E-state index contributed by atoms with van der Waals surface area (Å²) in [6.07, 6.45) is 6.04. The Morgan fingerprint density at radius 3 is 3.16 bits per heavy atom. The molecule has 1 amide bonds. The van der Waals surface area contributed by atoms with Crippen molar-refractivity contribution in [2.45, 2.75) is 32.4 Å². The SMILES string of the molecule is Cc1cnn(CC2CCCN2C(=O)c2ccsc2)c1. The maximum atomic E-state index is 12.4. The minimum Gasteiger partial charge on any atom is -0.334 e. The quantitative estimate of drug-likeness (QED) is 0.863. The van der Waals surface area contributed by atoms with Gasteiger partial charge in [0, 0.05) is 18.1 Å². The summed E-state index contributed by atoms with van der Waals surface area (Å²) >= 11 is 1.57. The maximum Gasteiger partial charge on any atom is 0.255 e. The fourth-order valence-corrected chi connectivity index (χ4v) is 3.26. The monoisotopic (exact) mass is 275 g/mol. The number of hydrogen-bond donors (Lipinski definition) is 0. The number of carbonyl (C=O) groups is 1. The first kappa shape index (κ1) is 12.4. The highest BCUT2D eigenvalue weighted by atomic mass is 32.1. The van der Waals surface area contributed by atoms with Gasteiger partial charge in [0.05, 0.1) is 24.3 Å². The van der Waals surface area contributed by atoms with Crippen molar-refractivity contribution in [3.63, 3.8) is 0 Å². The second-order valence-corrected chi connectivity index (χ2v) is 5.83. The van der Waals surface area contributed by atoms with E-state index in [9.17, 15) is 4.79 Å². The molecule has 5 heteroatoms. The summed E-state index contributed by atoms with van der Waals surface area (Å²) in [6, 6.07) is 2.17. The normalized spacial score (nSPS) is 19.0. The summed E-state index contributed by atoms with van der Waals surface area (Å²) in [7, 11) is 0. The number of amides is 1. The average Bonchev–Trinajstić information content (AvgIpc) is 3.10. The third kappa shape index (κ3) is 2.56. The fourth-order valence-electron chi connectivity index (χ4n) is 2.63. The molecule has 1 aliphatic heterocycles. The van der Waals surface area contributed by atoms with Gasteiger partial charge in [-0.25, -0.2) is 0 Å². The zero-order valence-electron chi connectivity index (χ0n) is 11.0. The molecule has 0 aromatic carbocycles. The molecule has 0 spiro atoms. The smallest absolute Gasteiger partial charge is 0.255 e. The zero-order chi connectivity index (χ0) is 13.2. The Balaban J connectivity index is 1.73. The Morgan fingerprint density at radius 2 is 2.47 bits per heavy atom. The molecule has 3 heterocycles. The Bertz CT molecular complexity index is 561. The maximum absolute atomic E-state index is 12.4. The number of aromatic nitrogens is 2. The second-order valence-electron chi connectivity index (χ2n) is 5.05. The molecule has 0 N–H and O–H groups in total. The van der Waals surface area contributed by atoms with Gasteiger partial charge in [-0.05, 0) is 36.8 Å². The predicted molar refractivity (Wildman–Crippen MR) is 75.3 cm³/mol. The molecule has 4 nitrogen and oxygen atoms in total. The van der Waals surface area contributed by atoms with Crippen LogP contribution < -0.4 is 0 Å². The van der Waals surface area contributed by atoms with Crippen LogP contribution in [0.15, 0.2) is 29.2 Å². The summed E-state index contributed by atoms with van der Waals surface area (Å²) < 4.78 is 1.94. The molecule has 100 valence electrons. The van der Waals surface area contributed by atoms with Crippen molar-refractivity contribution >= 4 is 17.2 Å². The minimum atomic E-state index is 0.160. The molecule has 1 atom stereocenters. The van der Waals surface area contributed by atoms with Crippen LogP contribution in [0, 0.1) is 6.92 Å². The lowest BCUT2D eigenvalue weighted by Crippen LogP contribution is -2.38. The molecule has 0 radical (unpaired) electrons. The van der Waals surface area contributed by atoms with E-state index in [0.717, 1.165) is 37.1 Å². The molecule has 19 heavy (non-hydrogen) atoms. The van der Waals surface area contributed by atoms with Crippen LogP contribution in [0.4, 0.5) is 0 Å².